The normalized spacial score (nSPS) is 12.1. The lowest BCUT2D eigenvalue weighted by molar-refractivity contribution is 0.0943. The maximum absolute atomic E-state index is 14.2. The number of nitrogens with zero attached hydrogens (tertiary/aromatic N) is 5. The molecule has 0 bridgehead atoms. The average molecular weight is 489 g/mol. The second-order valence-electron chi connectivity index (χ2n) is 8.39. The molecule has 0 unspecified atom stereocenters. The molecular weight excluding hydrogens is 467 g/mol. The van der Waals surface area contributed by atoms with Crippen LogP contribution in [0.4, 0.5) is 4.39 Å². The van der Waals surface area contributed by atoms with Crippen molar-refractivity contribution < 1.29 is 9.18 Å². The Morgan fingerprint density at radius 1 is 1.03 bits per heavy atom. The summed E-state index contributed by atoms with van der Waals surface area (Å²) in [4.78, 5) is 17.9. The molecule has 3 heterocycles. The Labute approximate surface area is 206 Å². The number of carbonyl (C=O) groups is 1. The van der Waals surface area contributed by atoms with Crippen LogP contribution in [0.1, 0.15) is 38.9 Å². The zero-order valence-electron chi connectivity index (χ0n) is 19.1. The largest absolute Gasteiger partial charge is 0.341 e. The molecule has 1 amide bonds. The molecular formula is C26H22ClFN6O. The molecule has 0 fully saturated rings. The lowest BCUT2D eigenvalue weighted by atomic mass is 10.00. The molecule has 0 spiro atoms. The van der Waals surface area contributed by atoms with Crippen molar-refractivity contribution in [3.8, 4) is 0 Å². The van der Waals surface area contributed by atoms with Crippen LogP contribution in [0, 0.1) is 5.82 Å². The molecule has 2 aromatic carbocycles. The Morgan fingerprint density at radius 3 is 2.60 bits per heavy atom. The summed E-state index contributed by atoms with van der Waals surface area (Å²) in [6.07, 6.45) is 7.62. The first-order chi connectivity index (χ1) is 16.9. The maximum atomic E-state index is 14.2. The van der Waals surface area contributed by atoms with Gasteiger partial charge in [-0.2, -0.15) is 10.2 Å². The van der Waals surface area contributed by atoms with Gasteiger partial charge in [0.15, 0.2) is 0 Å². The summed E-state index contributed by atoms with van der Waals surface area (Å²) in [5.74, 6) is -0.840. The molecule has 1 atom stereocenters. The van der Waals surface area contributed by atoms with Gasteiger partial charge in [-0.15, -0.1) is 0 Å². The number of halogens is 2. The second kappa shape index (κ2) is 9.31. The minimum Gasteiger partial charge on any atom is -0.341 e. The summed E-state index contributed by atoms with van der Waals surface area (Å²) in [6.45, 7) is 0. The van der Waals surface area contributed by atoms with Gasteiger partial charge in [0, 0.05) is 67.0 Å². The average Bonchev–Trinajstić information content (AvgIpc) is 3.46. The molecule has 0 aliphatic carbocycles. The van der Waals surface area contributed by atoms with E-state index in [0.29, 0.717) is 17.5 Å². The number of hydrogen-bond acceptors (Lipinski definition) is 4. The van der Waals surface area contributed by atoms with E-state index in [1.807, 2.05) is 36.0 Å². The van der Waals surface area contributed by atoms with E-state index in [1.54, 1.807) is 48.6 Å². The Morgan fingerprint density at radius 2 is 1.89 bits per heavy atom. The Balaban J connectivity index is 1.45. The molecule has 0 aliphatic heterocycles. The lowest BCUT2D eigenvalue weighted by Crippen LogP contribution is -2.29. The molecule has 7 nitrogen and oxygen atoms in total. The van der Waals surface area contributed by atoms with E-state index in [1.165, 1.54) is 12.1 Å². The fraction of sp³-hybridized carbons (Fsp3) is 0.154. The van der Waals surface area contributed by atoms with Crippen molar-refractivity contribution in [2.75, 3.05) is 0 Å². The second-order valence-corrected chi connectivity index (χ2v) is 8.80. The van der Waals surface area contributed by atoms with Crippen LogP contribution in [0.15, 0.2) is 73.3 Å². The van der Waals surface area contributed by atoms with Crippen molar-refractivity contribution >= 4 is 28.3 Å². The summed E-state index contributed by atoms with van der Waals surface area (Å²) in [5, 5.41) is 13.3. The van der Waals surface area contributed by atoms with Gasteiger partial charge < -0.3 is 5.32 Å². The van der Waals surface area contributed by atoms with Gasteiger partial charge in [0.05, 0.1) is 17.3 Å². The molecule has 0 saturated heterocycles. The first-order valence-electron chi connectivity index (χ1n) is 11.0. The van der Waals surface area contributed by atoms with Crippen molar-refractivity contribution in [1.29, 1.82) is 0 Å². The molecule has 3 aromatic heterocycles. The third kappa shape index (κ3) is 4.79. The van der Waals surface area contributed by atoms with Gasteiger partial charge in [-0.3, -0.25) is 19.1 Å². The van der Waals surface area contributed by atoms with E-state index in [4.69, 9.17) is 11.6 Å². The van der Waals surface area contributed by atoms with E-state index in [9.17, 15) is 9.18 Å². The molecule has 0 saturated carbocycles. The van der Waals surface area contributed by atoms with Gasteiger partial charge in [0.2, 0.25) is 0 Å². The first kappa shape index (κ1) is 22.7. The van der Waals surface area contributed by atoms with Gasteiger partial charge in [0.1, 0.15) is 5.82 Å². The van der Waals surface area contributed by atoms with Crippen LogP contribution in [0.5, 0.6) is 0 Å². The van der Waals surface area contributed by atoms with Crippen molar-refractivity contribution in [3.05, 3.63) is 112 Å². The van der Waals surface area contributed by atoms with Crippen LogP contribution in [0.2, 0.25) is 5.02 Å². The highest BCUT2D eigenvalue weighted by Crippen LogP contribution is 2.26. The number of fused-ring (bicyclic) bond motifs is 1. The monoisotopic (exact) mass is 488 g/mol. The smallest absolute Gasteiger partial charge is 0.252 e. The molecule has 5 aromatic rings. The van der Waals surface area contributed by atoms with Crippen LogP contribution in [0.3, 0.4) is 0 Å². The predicted octanol–water partition coefficient (Wildman–Crippen LogP) is 4.60. The lowest BCUT2D eigenvalue weighted by Gasteiger charge is -2.19. The summed E-state index contributed by atoms with van der Waals surface area (Å²) < 4.78 is 17.7. The van der Waals surface area contributed by atoms with Gasteiger partial charge in [-0.25, -0.2) is 4.39 Å². The molecule has 1 N–H and O–H groups in total. The summed E-state index contributed by atoms with van der Waals surface area (Å²) >= 11 is 5.87. The van der Waals surface area contributed by atoms with Crippen molar-refractivity contribution in [3.63, 3.8) is 0 Å². The van der Waals surface area contributed by atoms with Crippen LogP contribution in [-0.2, 0) is 20.5 Å². The highest BCUT2D eigenvalue weighted by Gasteiger charge is 2.21. The number of amides is 1. The van der Waals surface area contributed by atoms with Crippen molar-refractivity contribution in [2.24, 2.45) is 14.1 Å². The Hall–Kier alpha value is -4.04. The maximum Gasteiger partial charge on any atom is 0.252 e. The minimum absolute atomic E-state index is 0.0232. The molecule has 0 radical (unpaired) electrons. The van der Waals surface area contributed by atoms with E-state index < -0.39 is 11.9 Å². The third-order valence-electron chi connectivity index (χ3n) is 5.94. The zero-order chi connectivity index (χ0) is 24.5. The van der Waals surface area contributed by atoms with Gasteiger partial charge in [-0.05, 0) is 47.3 Å². The topological polar surface area (TPSA) is 77.6 Å². The molecule has 0 aliphatic rings. The Bertz CT molecular complexity index is 1540. The van der Waals surface area contributed by atoms with E-state index in [-0.39, 0.29) is 10.9 Å². The van der Waals surface area contributed by atoms with Gasteiger partial charge >= 0.3 is 0 Å². The third-order valence-corrected chi connectivity index (χ3v) is 6.24. The molecule has 35 heavy (non-hydrogen) atoms. The minimum atomic E-state index is -0.600. The van der Waals surface area contributed by atoms with E-state index >= 15 is 0 Å². The zero-order valence-corrected chi connectivity index (χ0v) is 19.9. The van der Waals surface area contributed by atoms with Crippen LogP contribution in [0.25, 0.3) is 10.8 Å². The first-order valence-corrected chi connectivity index (χ1v) is 11.3. The van der Waals surface area contributed by atoms with Crippen LogP contribution in [-0.4, -0.2) is 30.5 Å². The van der Waals surface area contributed by atoms with E-state index in [0.717, 1.165) is 27.7 Å². The van der Waals surface area contributed by atoms with Crippen molar-refractivity contribution in [2.45, 2.75) is 12.5 Å². The predicted molar refractivity (Wildman–Crippen MR) is 132 cm³/mol. The Kier molecular flexibility index (Phi) is 6.05. The number of aromatic nitrogens is 5. The number of rotatable bonds is 6. The highest BCUT2D eigenvalue weighted by molar-refractivity contribution is 6.30. The fourth-order valence-corrected chi connectivity index (χ4v) is 4.16. The number of hydrogen-bond donors (Lipinski definition) is 1. The fourth-order valence-electron chi connectivity index (χ4n) is 4.04. The summed E-state index contributed by atoms with van der Waals surface area (Å²) in [5.41, 5.74) is 3.70. The number of benzene rings is 2. The molecule has 176 valence electrons. The standard InChI is InChI=1S/C26H22ClFN6O/c1-33-15-20(14-31-33)25(16-5-6-23(27)24(28)11-16)32-26(35)17-3-4-18-13-29-21(10-19(18)9-17)12-22-7-8-30-34(22)2/h3-11,13-15,25H,12H2,1-2H3,(H,32,35)/t25-/m0/s1. The van der Waals surface area contributed by atoms with E-state index in [2.05, 4.69) is 20.5 Å². The summed E-state index contributed by atoms with van der Waals surface area (Å²) in [6, 6.07) is 13.3. The number of aryl methyl sites for hydroxylation is 2. The number of pyridine rings is 1. The highest BCUT2D eigenvalue weighted by atomic mass is 35.5. The molecule has 5 rings (SSSR count). The summed E-state index contributed by atoms with van der Waals surface area (Å²) in [7, 11) is 3.68. The number of nitrogens with one attached hydrogen (secondary N) is 1. The quantitative estimate of drug-likeness (QED) is 0.379. The van der Waals surface area contributed by atoms with Crippen molar-refractivity contribution in [1.82, 2.24) is 29.9 Å². The molecule has 9 heteroatoms. The van der Waals surface area contributed by atoms with Gasteiger partial charge in [-0.1, -0.05) is 23.7 Å². The van der Waals surface area contributed by atoms with Gasteiger partial charge in [0.25, 0.3) is 5.91 Å². The van der Waals surface area contributed by atoms with Crippen LogP contribution >= 0.6 is 11.6 Å². The number of carbonyl (C=O) groups excluding carboxylic acids is 1. The SMILES string of the molecule is Cn1cc([C@@H](NC(=O)c2ccc3cnc(Cc4ccnn4C)cc3c2)c2ccc(Cl)c(F)c2)cn1. The van der Waals surface area contributed by atoms with Crippen LogP contribution < -0.4 is 5.32 Å².